The van der Waals surface area contributed by atoms with E-state index in [0.29, 0.717) is 0 Å². The van der Waals surface area contributed by atoms with Crippen LogP contribution in [0.5, 0.6) is 0 Å². The molecule has 2 aliphatic rings. The predicted octanol–water partition coefficient (Wildman–Crippen LogP) is 25.2. The Morgan fingerprint density at radius 1 is 0.360 bits per heavy atom. The number of aromatic nitrogens is 4. The first-order valence-electron chi connectivity index (χ1n) is 37.5. The lowest BCUT2D eigenvalue weighted by Gasteiger charge is -2.13. The fraction of sp³-hybridized carbons (Fsp3) is 0.422. The van der Waals surface area contributed by atoms with E-state index in [1.54, 1.807) is 34.8 Å². The molecule has 0 saturated heterocycles. The van der Waals surface area contributed by atoms with Gasteiger partial charge in [0.15, 0.2) is 0 Å². The molecular weight excluding hydrogens is 1260 g/mol. The fourth-order valence-electron chi connectivity index (χ4n) is 14.7. The molecule has 2 N–H and O–H groups in total. The lowest BCUT2D eigenvalue weighted by Crippen LogP contribution is -1.97. The zero-order valence-electron chi connectivity index (χ0n) is 61.4. The van der Waals surface area contributed by atoms with Crippen LogP contribution in [0.25, 0.3) is 80.8 Å². The minimum absolute atomic E-state index is 0.103. The first-order chi connectivity index (χ1) is 48.8. The summed E-state index contributed by atoms with van der Waals surface area (Å²) in [4.78, 5) is 23.2. The number of aromatic amines is 2. The van der Waals surface area contributed by atoms with E-state index in [-0.39, 0.29) is 11.1 Å². The van der Waals surface area contributed by atoms with Crippen molar-refractivity contribution in [1.29, 1.82) is 21.0 Å². The van der Waals surface area contributed by atoms with Crippen molar-refractivity contribution in [3.05, 3.63) is 169 Å². The Balaban J connectivity index is 1.35. The molecule has 0 unspecified atom stereocenters. The smallest absolute Gasteiger partial charge is 0.131 e. The van der Waals surface area contributed by atoms with Crippen molar-refractivity contribution >= 4 is 81.2 Å². The van der Waals surface area contributed by atoms with E-state index in [9.17, 15) is 21.0 Å². The van der Waals surface area contributed by atoms with Crippen molar-refractivity contribution in [2.24, 2.45) is 0 Å². The number of benzene rings is 2. The zero-order chi connectivity index (χ0) is 70.9. The summed E-state index contributed by atoms with van der Waals surface area (Å²) in [6.45, 7) is 22.1. The van der Waals surface area contributed by atoms with E-state index in [1.807, 2.05) is 0 Å². The molecule has 0 atom stereocenters. The maximum Gasteiger partial charge on any atom is 0.131 e. The third-order valence-corrected chi connectivity index (χ3v) is 21.9. The van der Waals surface area contributed by atoms with Crippen LogP contribution in [0.1, 0.15) is 291 Å². The van der Waals surface area contributed by atoms with Crippen molar-refractivity contribution in [3.8, 4) is 70.2 Å². The number of nitriles is 4. The average molecular weight is 1360 g/mol. The third kappa shape index (κ3) is 19.3. The van der Waals surface area contributed by atoms with Gasteiger partial charge in [-0.2, -0.15) is 21.0 Å². The number of fused-ring (bicyclic) bond motifs is 8. The maximum atomic E-state index is 10.2. The standard InChI is InChI=1S/C90H102N8S2/c1-11-15-19-23-27-31-35-69-71(37-33-29-25-21-17-13-3)85(55-67(57-91)58-92)99-83(69)49-39-73-75-41-45-79(95-75)89(87-63(7)51-61(5)52-64(87)8)81-47-43-77(97-81)74(78-44-48-82(98-78)90(80-46-42-76(73)96-80)88-65(9)53-62(6)54-66(88)10)40-50-84-70(36-32-28-24-20-16-12-2)72(38-34-30-26-22-18-14-4)86(100-84)56-68(59-93)60-94/h41-48,51-56,95,97H,11-38H2,1-10H3. The lowest BCUT2D eigenvalue weighted by atomic mass is 9.92. The van der Waals surface area contributed by atoms with Crippen molar-refractivity contribution in [1.82, 2.24) is 19.9 Å². The summed E-state index contributed by atoms with van der Waals surface area (Å²) in [6, 6.07) is 26.4. The second-order valence-electron chi connectivity index (χ2n) is 27.7. The minimum atomic E-state index is 0.103. The van der Waals surface area contributed by atoms with Crippen molar-refractivity contribution in [3.63, 3.8) is 0 Å². The van der Waals surface area contributed by atoms with Gasteiger partial charge >= 0.3 is 0 Å². The number of unbranched alkanes of at least 4 members (excludes halogenated alkanes) is 20. The molecule has 514 valence electrons. The summed E-state index contributed by atoms with van der Waals surface area (Å²) in [6.07, 6.45) is 43.7. The van der Waals surface area contributed by atoms with Gasteiger partial charge in [-0.15, -0.1) is 22.7 Å². The molecule has 2 aromatic carbocycles. The number of nitrogens with zero attached hydrogens (tertiary/aromatic N) is 6. The minimum Gasteiger partial charge on any atom is -0.354 e. The number of aryl methyl sites for hydroxylation is 6. The van der Waals surface area contributed by atoms with Crippen molar-refractivity contribution < 1.29 is 0 Å². The highest BCUT2D eigenvalue weighted by molar-refractivity contribution is 7.14. The summed E-state index contributed by atoms with van der Waals surface area (Å²) in [7, 11) is 0. The van der Waals surface area contributed by atoms with Gasteiger partial charge in [0.2, 0.25) is 0 Å². The molecular formula is C90H102N8S2. The molecule has 2 aliphatic heterocycles. The van der Waals surface area contributed by atoms with Gasteiger partial charge in [0.1, 0.15) is 35.4 Å². The van der Waals surface area contributed by atoms with E-state index < -0.39 is 0 Å². The summed E-state index contributed by atoms with van der Waals surface area (Å²) in [5.41, 5.74) is 24.2. The van der Waals surface area contributed by atoms with Gasteiger partial charge in [-0.1, -0.05) is 215 Å². The molecule has 0 saturated carbocycles. The van der Waals surface area contributed by atoms with Crippen molar-refractivity contribution in [2.75, 3.05) is 0 Å². The molecule has 9 rings (SSSR count). The van der Waals surface area contributed by atoms with Gasteiger partial charge < -0.3 is 9.97 Å². The molecule has 10 heteroatoms. The quantitative estimate of drug-likeness (QED) is 0.0243. The third-order valence-electron chi connectivity index (χ3n) is 19.7. The average Bonchev–Trinajstić information content (AvgIpc) is 1.26. The molecule has 0 aliphatic carbocycles. The van der Waals surface area contributed by atoms with Gasteiger partial charge in [-0.05, 0) is 209 Å². The molecule has 7 aromatic rings. The largest absolute Gasteiger partial charge is 0.354 e. The summed E-state index contributed by atoms with van der Waals surface area (Å²) >= 11 is 3.23. The molecule has 0 amide bonds. The maximum absolute atomic E-state index is 10.2. The van der Waals surface area contributed by atoms with Crippen LogP contribution in [0.3, 0.4) is 0 Å². The summed E-state index contributed by atoms with van der Waals surface area (Å²) in [5.74, 6) is 15.2. The number of rotatable bonds is 32. The molecule has 0 spiro atoms. The second kappa shape index (κ2) is 38.0. The van der Waals surface area contributed by atoms with Gasteiger partial charge in [0.05, 0.1) is 54.7 Å². The van der Waals surface area contributed by atoms with Crippen LogP contribution in [0, 0.1) is 111 Å². The molecule has 8 bridgehead atoms. The van der Waals surface area contributed by atoms with Gasteiger partial charge in [-0.25, -0.2) is 9.97 Å². The Hall–Kier alpha value is -9.00. The van der Waals surface area contributed by atoms with E-state index >= 15 is 0 Å². The fourth-order valence-corrected chi connectivity index (χ4v) is 17.1. The summed E-state index contributed by atoms with van der Waals surface area (Å²) < 4.78 is 0. The highest BCUT2D eigenvalue weighted by Crippen LogP contribution is 2.41. The Labute approximate surface area is 606 Å². The monoisotopic (exact) mass is 1360 g/mol. The molecule has 8 nitrogen and oxygen atoms in total. The number of H-pyrrole nitrogens is 2. The number of hydrogen-bond donors (Lipinski definition) is 2. The Bertz CT molecular complexity index is 4380. The predicted molar refractivity (Wildman–Crippen MR) is 425 cm³/mol. The van der Waals surface area contributed by atoms with Gasteiger partial charge in [0, 0.05) is 31.9 Å². The van der Waals surface area contributed by atoms with Gasteiger partial charge in [-0.3, -0.25) is 0 Å². The highest BCUT2D eigenvalue weighted by atomic mass is 32.1. The van der Waals surface area contributed by atoms with Crippen LogP contribution in [-0.4, -0.2) is 19.9 Å². The van der Waals surface area contributed by atoms with E-state index in [0.717, 1.165) is 197 Å². The van der Waals surface area contributed by atoms with Gasteiger partial charge in [0.25, 0.3) is 0 Å². The Morgan fingerprint density at radius 2 is 0.660 bits per heavy atom. The first-order valence-corrected chi connectivity index (χ1v) is 39.1. The molecule has 5 aromatic heterocycles. The normalized spacial score (nSPS) is 11.3. The zero-order valence-corrected chi connectivity index (χ0v) is 63.0. The van der Waals surface area contributed by atoms with E-state index in [1.165, 1.54) is 136 Å². The van der Waals surface area contributed by atoms with Crippen LogP contribution in [0.2, 0.25) is 0 Å². The van der Waals surface area contributed by atoms with Crippen LogP contribution in [0.15, 0.2) is 59.7 Å². The second-order valence-corrected chi connectivity index (χ2v) is 29.8. The molecule has 0 radical (unpaired) electrons. The number of nitrogens with one attached hydrogen (secondary N) is 2. The number of hydrogen-bond acceptors (Lipinski definition) is 8. The van der Waals surface area contributed by atoms with Crippen LogP contribution < -0.4 is 0 Å². The van der Waals surface area contributed by atoms with Crippen molar-refractivity contribution in [2.45, 2.75) is 249 Å². The van der Waals surface area contributed by atoms with Crippen LogP contribution >= 0.6 is 22.7 Å². The lowest BCUT2D eigenvalue weighted by molar-refractivity contribution is 0.599. The Morgan fingerprint density at radius 3 is 1.00 bits per heavy atom. The molecule has 100 heavy (non-hydrogen) atoms. The topological polar surface area (TPSA) is 153 Å². The molecule has 7 heterocycles. The number of allylic oxidation sites excluding steroid dienone is 2. The molecule has 0 fully saturated rings. The van der Waals surface area contributed by atoms with Crippen LogP contribution in [0.4, 0.5) is 0 Å². The Kier molecular flexibility index (Phi) is 28.6. The highest BCUT2D eigenvalue weighted by Gasteiger charge is 2.24. The number of thiophene rings is 2. The van der Waals surface area contributed by atoms with E-state index in [4.69, 9.17) is 9.97 Å². The van der Waals surface area contributed by atoms with E-state index in [2.05, 4.69) is 200 Å². The van der Waals surface area contributed by atoms with Crippen LogP contribution in [-0.2, 0) is 25.7 Å². The first kappa shape index (κ1) is 75.2. The SMILES string of the molecule is CCCCCCCCc1c(C#Cc2c3nc(c(-c4c(C)cc(C)cc4C)c4nc(c(C#Cc5sc(C=C(C#N)C#N)c(CCCCCCCC)c5CCCCCCCC)c5ccc([nH]5)c(-c5c(C)cc(C)cc5C)c5ccc2[nH]5)C=C4)C=C3)sc(C=C(C#N)C#N)c1CCCCCCCC. The summed E-state index contributed by atoms with van der Waals surface area (Å²) in [5, 5.41) is 40.7.